The van der Waals surface area contributed by atoms with E-state index in [4.69, 9.17) is 0 Å². The first-order chi connectivity index (χ1) is 9.89. The first kappa shape index (κ1) is 15.3. The van der Waals surface area contributed by atoms with Crippen molar-refractivity contribution in [1.29, 1.82) is 0 Å². The molecule has 8 nitrogen and oxygen atoms in total. The van der Waals surface area contributed by atoms with Crippen LogP contribution in [0.15, 0.2) is 6.20 Å². The fourth-order valence-electron chi connectivity index (χ4n) is 1.90. The number of hydrogen-bond donors (Lipinski definition) is 2. The minimum absolute atomic E-state index is 0.0454. The van der Waals surface area contributed by atoms with Crippen molar-refractivity contribution < 1.29 is 23.1 Å². The van der Waals surface area contributed by atoms with Gasteiger partial charge < -0.3 is 10.1 Å². The highest BCUT2D eigenvalue weighted by molar-refractivity contribution is 5.82. The lowest BCUT2D eigenvalue weighted by molar-refractivity contribution is -0.141. The number of alkyl halides is 2. The summed E-state index contributed by atoms with van der Waals surface area (Å²) in [6, 6.07) is -0.912. The van der Waals surface area contributed by atoms with Gasteiger partial charge in [0.2, 0.25) is 5.91 Å². The Hall–Kier alpha value is -2.10. The van der Waals surface area contributed by atoms with Crippen LogP contribution in [0, 0.1) is 0 Å². The maximum absolute atomic E-state index is 13.0. The molecule has 1 unspecified atom stereocenters. The summed E-state index contributed by atoms with van der Waals surface area (Å²) in [6.45, 7) is -0.544. The first-order valence-electron chi connectivity index (χ1n) is 6.24. The molecular weight excluding hydrogens is 288 g/mol. The van der Waals surface area contributed by atoms with Gasteiger partial charge in [0.15, 0.2) is 0 Å². The molecule has 1 aromatic rings. The Morgan fingerprint density at radius 1 is 1.62 bits per heavy atom. The van der Waals surface area contributed by atoms with Crippen molar-refractivity contribution in [3.63, 3.8) is 0 Å². The van der Waals surface area contributed by atoms with Gasteiger partial charge in [-0.2, -0.15) is 0 Å². The highest BCUT2D eigenvalue weighted by Gasteiger charge is 2.42. The maximum Gasteiger partial charge on any atom is 0.327 e. The largest absolute Gasteiger partial charge is 0.468 e. The van der Waals surface area contributed by atoms with Gasteiger partial charge in [0.25, 0.3) is 5.92 Å². The quantitative estimate of drug-likeness (QED) is 0.682. The van der Waals surface area contributed by atoms with E-state index in [-0.39, 0.29) is 13.1 Å². The molecule has 0 radical (unpaired) electrons. The molecule has 116 valence electrons. The topological polar surface area (TPSA) is 98.1 Å². The summed E-state index contributed by atoms with van der Waals surface area (Å²) in [6.07, 6.45) is 0.946. The number of esters is 1. The smallest absolute Gasteiger partial charge is 0.327 e. The second kappa shape index (κ2) is 6.12. The number of nitrogens with one attached hydrogen (secondary N) is 2. The number of hydrogen-bond acceptors (Lipinski definition) is 6. The zero-order valence-corrected chi connectivity index (χ0v) is 11.3. The van der Waals surface area contributed by atoms with E-state index in [0.717, 1.165) is 0 Å². The maximum atomic E-state index is 13.0. The number of halogens is 2. The molecule has 1 atom stereocenters. The first-order valence-corrected chi connectivity index (χ1v) is 6.24. The van der Waals surface area contributed by atoms with Crippen LogP contribution in [-0.2, 0) is 27.4 Å². The van der Waals surface area contributed by atoms with Crippen LogP contribution in [0.4, 0.5) is 8.78 Å². The van der Waals surface area contributed by atoms with Gasteiger partial charge in [-0.1, -0.05) is 5.21 Å². The van der Waals surface area contributed by atoms with Crippen molar-refractivity contribution >= 4 is 11.9 Å². The van der Waals surface area contributed by atoms with Crippen LogP contribution in [0.25, 0.3) is 0 Å². The Morgan fingerprint density at radius 3 is 3.00 bits per heavy atom. The minimum Gasteiger partial charge on any atom is -0.468 e. The van der Waals surface area contributed by atoms with Gasteiger partial charge in [-0.3, -0.25) is 14.9 Å². The Bertz CT molecular complexity index is 534. The van der Waals surface area contributed by atoms with Crippen molar-refractivity contribution in [3.8, 4) is 0 Å². The Balaban J connectivity index is 1.80. The molecule has 1 aliphatic rings. The second-order valence-electron chi connectivity index (χ2n) is 4.69. The third-order valence-corrected chi connectivity index (χ3v) is 2.97. The number of carbonyl (C=O) groups is 2. The van der Waals surface area contributed by atoms with Gasteiger partial charge in [-0.05, 0) is 0 Å². The molecule has 1 amide bonds. The zero-order chi connectivity index (χ0) is 15.5. The summed E-state index contributed by atoms with van der Waals surface area (Å²) < 4.78 is 31.7. The highest BCUT2D eigenvalue weighted by Crippen LogP contribution is 2.24. The Labute approximate surface area is 118 Å². The number of amides is 1. The van der Waals surface area contributed by atoms with Gasteiger partial charge in [-0.25, -0.2) is 13.5 Å². The normalized spacial score (nSPS) is 20.2. The lowest BCUT2D eigenvalue weighted by atomic mass is 10.2. The predicted molar refractivity (Wildman–Crippen MR) is 65.2 cm³/mol. The summed E-state index contributed by atoms with van der Waals surface area (Å²) in [5.74, 6) is -3.85. The molecular formula is C11H15F2N5O3. The van der Waals surface area contributed by atoms with Crippen LogP contribution < -0.4 is 10.6 Å². The van der Waals surface area contributed by atoms with Crippen molar-refractivity contribution in [1.82, 2.24) is 25.6 Å². The number of nitrogens with zero attached hydrogens (tertiary/aromatic N) is 3. The second-order valence-corrected chi connectivity index (χ2v) is 4.69. The summed E-state index contributed by atoms with van der Waals surface area (Å²) in [5, 5.41) is 12.4. The van der Waals surface area contributed by atoms with Gasteiger partial charge in [0.1, 0.15) is 12.2 Å². The molecule has 0 aromatic carbocycles. The molecule has 0 saturated carbocycles. The third-order valence-electron chi connectivity index (χ3n) is 2.97. The fourth-order valence-corrected chi connectivity index (χ4v) is 1.90. The molecule has 1 aliphatic heterocycles. The van der Waals surface area contributed by atoms with Gasteiger partial charge >= 0.3 is 5.97 Å². The summed E-state index contributed by atoms with van der Waals surface area (Å²) in [7, 11) is 1.25. The number of methoxy groups -OCH3 is 1. The summed E-state index contributed by atoms with van der Waals surface area (Å²) in [5.41, 5.74) is 0.414. The molecule has 0 aliphatic carbocycles. The van der Waals surface area contributed by atoms with Gasteiger partial charge in [0, 0.05) is 6.42 Å². The molecule has 2 heterocycles. The van der Waals surface area contributed by atoms with E-state index in [9.17, 15) is 18.4 Å². The fraction of sp³-hybridized carbons (Fsp3) is 0.636. The predicted octanol–water partition coefficient (Wildman–Crippen LogP) is -0.935. The zero-order valence-electron chi connectivity index (χ0n) is 11.3. The van der Waals surface area contributed by atoms with E-state index in [1.807, 2.05) is 0 Å². The van der Waals surface area contributed by atoms with E-state index in [0.29, 0.717) is 5.69 Å². The molecule has 0 bridgehead atoms. The standard InChI is InChI=1S/C11H15F2N5O3/c1-21-9(19)5-18-4-7(16-17-18)3-14-10(20)8-2-11(12,13)6-15-8/h4,8,15H,2-3,5-6H2,1H3,(H,14,20). The number of ether oxygens (including phenoxy) is 1. The van der Waals surface area contributed by atoms with E-state index in [1.165, 1.54) is 18.0 Å². The van der Waals surface area contributed by atoms with Crippen LogP contribution in [-0.4, -0.2) is 52.5 Å². The summed E-state index contributed by atoms with van der Waals surface area (Å²) >= 11 is 0. The van der Waals surface area contributed by atoms with Gasteiger partial charge in [-0.15, -0.1) is 5.10 Å². The van der Waals surface area contributed by atoms with E-state index in [1.54, 1.807) is 0 Å². The molecule has 1 saturated heterocycles. The molecule has 0 spiro atoms. The van der Waals surface area contributed by atoms with Crippen molar-refractivity contribution in [2.75, 3.05) is 13.7 Å². The summed E-state index contributed by atoms with van der Waals surface area (Å²) in [4.78, 5) is 22.7. The molecule has 1 aromatic heterocycles. The highest BCUT2D eigenvalue weighted by atomic mass is 19.3. The lowest BCUT2D eigenvalue weighted by Crippen LogP contribution is -2.40. The molecule has 2 N–H and O–H groups in total. The monoisotopic (exact) mass is 303 g/mol. The lowest BCUT2D eigenvalue weighted by Gasteiger charge is -2.09. The van der Waals surface area contributed by atoms with Crippen molar-refractivity contribution in [2.24, 2.45) is 0 Å². The minimum atomic E-state index is -2.86. The molecule has 2 rings (SSSR count). The number of carbonyl (C=O) groups excluding carboxylic acids is 2. The van der Waals surface area contributed by atoms with E-state index >= 15 is 0 Å². The number of aromatic nitrogens is 3. The van der Waals surface area contributed by atoms with Crippen LogP contribution >= 0.6 is 0 Å². The van der Waals surface area contributed by atoms with Crippen molar-refractivity contribution in [2.45, 2.75) is 31.5 Å². The average molecular weight is 303 g/mol. The van der Waals surface area contributed by atoms with Crippen LogP contribution in [0.5, 0.6) is 0 Å². The molecule has 1 fully saturated rings. The number of rotatable bonds is 5. The van der Waals surface area contributed by atoms with E-state index in [2.05, 4.69) is 25.7 Å². The van der Waals surface area contributed by atoms with Crippen molar-refractivity contribution in [3.05, 3.63) is 11.9 Å². The average Bonchev–Trinajstić information content (AvgIpc) is 3.02. The Kier molecular flexibility index (Phi) is 4.46. The Morgan fingerprint density at radius 2 is 2.38 bits per heavy atom. The third kappa shape index (κ3) is 4.18. The molecule has 10 heteroatoms. The van der Waals surface area contributed by atoms with Crippen LogP contribution in [0.2, 0.25) is 0 Å². The van der Waals surface area contributed by atoms with Crippen LogP contribution in [0.1, 0.15) is 12.1 Å². The van der Waals surface area contributed by atoms with Crippen LogP contribution in [0.3, 0.4) is 0 Å². The van der Waals surface area contributed by atoms with Gasteiger partial charge in [0.05, 0.1) is 32.4 Å². The van der Waals surface area contributed by atoms with E-state index < -0.39 is 36.8 Å². The molecule has 21 heavy (non-hydrogen) atoms. The SMILES string of the molecule is COC(=O)Cn1cc(CNC(=O)C2CC(F)(F)CN2)nn1.